The summed E-state index contributed by atoms with van der Waals surface area (Å²) in [7, 11) is 0. The zero-order chi connectivity index (χ0) is 28.2. The SMILES string of the molecule is Cc1ccc(-c2ccc3c(c2OOc2c(-c4ccc(C)cc4)ccc4c2Cc2ccccc2-4)Cc2ccccc2-3)cc1. The van der Waals surface area contributed by atoms with Gasteiger partial charge in [-0.15, -0.1) is 0 Å². The molecule has 42 heavy (non-hydrogen) atoms. The highest BCUT2D eigenvalue weighted by Crippen LogP contribution is 2.48. The lowest BCUT2D eigenvalue weighted by atomic mass is 9.96. The third-order valence-corrected chi connectivity index (χ3v) is 8.80. The second kappa shape index (κ2) is 9.78. The van der Waals surface area contributed by atoms with Crippen molar-refractivity contribution in [2.45, 2.75) is 26.7 Å². The molecule has 8 rings (SSSR count). The predicted octanol–water partition coefficient (Wildman–Crippen LogP) is 10.2. The van der Waals surface area contributed by atoms with Gasteiger partial charge in [0, 0.05) is 35.1 Å². The molecule has 0 aromatic heterocycles. The lowest BCUT2D eigenvalue weighted by Gasteiger charge is -2.19. The Bertz CT molecular complexity index is 1830. The maximum absolute atomic E-state index is 6.59. The van der Waals surface area contributed by atoms with Gasteiger partial charge in [0.2, 0.25) is 0 Å². The van der Waals surface area contributed by atoms with Gasteiger partial charge in [0.25, 0.3) is 0 Å². The molecule has 0 amide bonds. The van der Waals surface area contributed by atoms with E-state index < -0.39 is 0 Å². The Hall–Kier alpha value is -5.08. The van der Waals surface area contributed by atoms with Crippen molar-refractivity contribution in [3.8, 4) is 56.0 Å². The normalized spacial score (nSPS) is 12.3. The van der Waals surface area contributed by atoms with Crippen LogP contribution in [0.15, 0.2) is 121 Å². The largest absolute Gasteiger partial charge is 0.289 e. The highest BCUT2D eigenvalue weighted by Gasteiger charge is 2.28. The van der Waals surface area contributed by atoms with E-state index in [0.717, 1.165) is 46.6 Å². The minimum absolute atomic E-state index is 0.788. The van der Waals surface area contributed by atoms with Crippen LogP contribution >= 0.6 is 0 Å². The lowest BCUT2D eigenvalue weighted by molar-refractivity contribution is -0.1000. The standard InChI is InChI=1S/C40H30O2/c1-25-11-15-27(16-12-25)33-19-21-35-31-9-5-3-7-29(31)23-37(35)39(33)41-42-40-34(28-17-13-26(2)14-18-28)20-22-36-32-10-6-4-8-30(32)24-38(36)40/h3-22H,23-24H2,1-2H3. The minimum atomic E-state index is 0.788. The first kappa shape index (κ1) is 24.7. The van der Waals surface area contributed by atoms with Crippen molar-refractivity contribution >= 4 is 0 Å². The first-order valence-electron chi connectivity index (χ1n) is 14.6. The maximum atomic E-state index is 6.59. The van der Waals surface area contributed by atoms with Gasteiger partial charge in [-0.25, -0.2) is 0 Å². The van der Waals surface area contributed by atoms with Crippen LogP contribution in [-0.4, -0.2) is 0 Å². The number of hydrogen-bond acceptors (Lipinski definition) is 2. The highest BCUT2D eigenvalue weighted by molar-refractivity contribution is 5.87. The number of fused-ring (bicyclic) bond motifs is 6. The van der Waals surface area contributed by atoms with Gasteiger partial charge in [-0.2, -0.15) is 0 Å². The highest BCUT2D eigenvalue weighted by atomic mass is 17.2. The second-order valence-electron chi connectivity index (χ2n) is 11.5. The Kier molecular flexibility index (Phi) is 5.75. The Labute approximate surface area is 246 Å². The summed E-state index contributed by atoms with van der Waals surface area (Å²) >= 11 is 0. The monoisotopic (exact) mass is 542 g/mol. The maximum Gasteiger partial charge on any atom is 0.190 e. The molecule has 6 aromatic rings. The molecule has 2 aliphatic carbocycles. The van der Waals surface area contributed by atoms with Crippen LogP contribution in [0.4, 0.5) is 0 Å². The van der Waals surface area contributed by atoms with E-state index >= 15 is 0 Å². The second-order valence-corrected chi connectivity index (χ2v) is 11.5. The van der Waals surface area contributed by atoms with Gasteiger partial charge in [-0.05, 0) is 70.5 Å². The molecule has 6 aromatic carbocycles. The van der Waals surface area contributed by atoms with Crippen molar-refractivity contribution in [2.75, 3.05) is 0 Å². The number of aryl methyl sites for hydroxylation is 2. The molecule has 0 heterocycles. The first-order chi connectivity index (χ1) is 20.6. The number of rotatable bonds is 5. The molecule has 0 saturated carbocycles. The molecule has 2 heteroatoms. The third-order valence-electron chi connectivity index (χ3n) is 8.80. The molecule has 0 spiro atoms. The van der Waals surface area contributed by atoms with E-state index in [0.29, 0.717) is 0 Å². The zero-order valence-electron chi connectivity index (χ0n) is 23.8. The van der Waals surface area contributed by atoms with Crippen LogP contribution in [0, 0.1) is 13.8 Å². The van der Waals surface area contributed by atoms with E-state index in [-0.39, 0.29) is 0 Å². The summed E-state index contributed by atoms with van der Waals surface area (Å²) in [6, 6.07) is 43.4. The summed E-state index contributed by atoms with van der Waals surface area (Å²) in [5.41, 5.74) is 16.7. The summed E-state index contributed by atoms with van der Waals surface area (Å²) in [6.07, 6.45) is 1.63. The molecule has 0 saturated heterocycles. The first-order valence-corrected chi connectivity index (χ1v) is 14.6. The van der Waals surface area contributed by atoms with Gasteiger partial charge in [-0.1, -0.05) is 120 Å². The lowest BCUT2D eigenvalue weighted by Crippen LogP contribution is -2.07. The Balaban J connectivity index is 1.27. The van der Waals surface area contributed by atoms with Gasteiger partial charge in [0.15, 0.2) is 11.5 Å². The fraction of sp³-hybridized carbons (Fsp3) is 0.100. The van der Waals surface area contributed by atoms with Crippen molar-refractivity contribution in [2.24, 2.45) is 0 Å². The molecule has 0 N–H and O–H groups in total. The van der Waals surface area contributed by atoms with Gasteiger partial charge in [0.05, 0.1) is 0 Å². The van der Waals surface area contributed by atoms with Crippen LogP contribution in [0.3, 0.4) is 0 Å². The van der Waals surface area contributed by atoms with Crippen LogP contribution in [0.25, 0.3) is 44.5 Å². The minimum Gasteiger partial charge on any atom is -0.289 e. The summed E-state index contributed by atoms with van der Waals surface area (Å²) in [5, 5.41) is 0. The van der Waals surface area contributed by atoms with Gasteiger partial charge in [0.1, 0.15) is 0 Å². The quantitative estimate of drug-likeness (QED) is 0.159. The van der Waals surface area contributed by atoms with E-state index in [4.69, 9.17) is 9.78 Å². The van der Waals surface area contributed by atoms with Crippen molar-refractivity contribution in [3.05, 3.63) is 155 Å². The Morgan fingerprint density at radius 2 is 0.762 bits per heavy atom. The fourth-order valence-electron chi connectivity index (χ4n) is 6.56. The zero-order valence-corrected chi connectivity index (χ0v) is 23.8. The molecule has 2 nitrogen and oxygen atoms in total. The molecule has 0 bridgehead atoms. The number of hydrogen-bond donors (Lipinski definition) is 0. The van der Waals surface area contributed by atoms with Crippen LogP contribution in [0.1, 0.15) is 33.4 Å². The third kappa shape index (κ3) is 4.02. The van der Waals surface area contributed by atoms with E-state index in [2.05, 4.69) is 135 Å². The van der Waals surface area contributed by atoms with Crippen molar-refractivity contribution in [3.63, 3.8) is 0 Å². The van der Waals surface area contributed by atoms with E-state index in [1.54, 1.807) is 0 Å². The van der Waals surface area contributed by atoms with E-state index in [1.807, 2.05) is 0 Å². The van der Waals surface area contributed by atoms with Crippen molar-refractivity contribution in [1.82, 2.24) is 0 Å². The van der Waals surface area contributed by atoms with Crippen LogP contribution in [0.2, 0.25) is 0 Å². The predicted molar refractivity (Wildman–Crippen MR) is 171 cm³/mol. The summed E-state index contributed by atoms with van der Waals surface area (Å²) in [4.78, 5) is 13.2. The van der Waals surface area contributed by atoms with Gasteiger partial charge >= 0.3 is 0 Å². The molecular weight excluding hydrogens is 512 g/mol. The molecule has 202 valence electrons. The van der Waals surface area contributed by atoms with Gasteiger partial charge < -0.3 is 0 Å². The van der Waals surface area contributed by atoms with Gasteiger partial charge in [-0.3, -0.25) is 9.78 Å². The molecule has 0 radical (unpaired) electrons. The Morgan fingerprint density at radius 1 is 0.381 bits per heavy atom. The smallest absolute Gasteiger partial charge is 0.190 e. The van der Waals surface area contributed by atoms with E-state index in [1.165, 1.54) is 55.6 Å². The molecular formula is C40H30O2. The van der Waals surface area contributed by atoms with Crippen molar-refractivity contribution in [1.29, 1.82) is 0 Å². The molecule has 0 fully saturated rings. The summed E-state index contributed by atoms with van der Waals surface area (Å²) in [5.74, 6) is 1.58. The Morgan fingerprint density at radius 3 is 1.19 bits per heavy atom. The molecule has 0 atom stereocenters. The molecule has 0 unspecified atom stereocenters. The summed E-state index contributed by atoms with van der Waals surface area (Å²) in [6.45, 7) is 4.23. The fourth-order valence-corrected chi connectivity index (χ4v) is 6.56. The van der Waals surface area contributed by atoms with Crippen LogP contribution < -0.4 is 9.78 Å². The van der Waals surface area contributed by atoms with Crippen molar-refractivity contribution < 1.29 is 9.78 Å². The van der Waals surface area contributed by atoms with E-state index in [9.17, 15) is 0 Å². The molecule has 2 aliphatic rings. The number of benzene rings is 6. The summed E-state index contributed by atoms with van der Waals surface area (Å²) < 4.78 is 0. The van der Waals surface area contributed by atoms with Crippen LogP contribution in [-0.2, 0) is 12.8 Å². The molecule has 0 aliphatic heterocycles. The van der Waals surface area contributed by atoms with Crippen LogP contribution in [0.5, 0.6) is 11.5 Å². The average Bonchev–Trinajstić information content (AvgIpc) is 3.59. The average molecular weight is 543 g/mol. The topological polar surface area (TPSA) is 18.5 Å².